The first-order valence-electron chi connectivity index (χ1n) is 9.73. The van der Waals surface area contributed by atoms with E-state index in [1.54, 1.807) is 6.08 Å². The molecule has 0 aromatic rings. The Bertz CT molecular complexity index is 879. The number of fused-ring (bicyclic) bond motifs is 5. The van der Waals surface area contributed by atoms with Crippen molar-refractivity contribution in [2.75, 3.05) is 0 Å². The van der Waals surface area contributed by atoms with Crippen LogP contribution < -0.4 is 0 Å². The van der Waals surface area contributed by atoms with Gasteiger partial charge in [0.2, 0.25) is 0 Å². The topological polar surface area (TPSA) is 54.4 Å². The summed E-state index contributed by atoms with van der Waals surface area (Å²) in [5.41, 5.74) is -3.04. The van der Waals surface area contributed by atoms with E-state index >= 15 is 4.39 Å². The second-order valence-corrected chi connectivity index (χ2v) is 10.6. The Kier molecular flexibility index (Phi) is 4.21. The van der Waals surface area contributed by atoms with Crippen molar-refractivity contribution in [2.45, 2.75) is 56.4 Å². The van der Waals surface area contributed by atoms with Crippen molar-refractivity contribution in [3.63, 3.8) is 0 Å². The van der Waals surface area contributed by atoms with E-state index in [1.165, 1.54) is 25.2 Å². The largest absolute Gasteiger partial charge is 0.381 e. The van der Waals surface area contributed by atoms with Crippen LogP contribution in [-0.4, -0.2) is 32.5 Å². The molecule has 0 saturated heterocycles. The minimum absolute atomic E-state index is 0.209. The van der Waals surface area contributed by atoms with Crippen LogP contribution in [0.5, 0.6) is 0 Å². The number of alkyl halides is 2. The predicted molar refractivity (Wildman–Crippen MR) is 107 cm³/mol. The molecule has 0 aromatic heterocycles. The molecule has 4 aliphatic rings. The molecular weight excluding hydrogens is 402 g/mol. The van der Waals surface area contributed by atoms with Gasteiger partial charge in [-0.15, -0.1) is 23.2 Å². The monoisotopic (exact) mass is 426 g/mol. The Labute approximate surface area is 174 Å². The second kappa shape index (κ2) is 5.80. The number of hydrogen-bond acceptors (Lipinski definition) is 3. The Morgan fingerprint density at radius 1 is 1.36 bits per heavy atom. The fraction of sp³-hybridized carbons (Fsp3) is 0.636. The zero-order chi connectivity index (χ0) is 20.9. The number of allylic oxidation sites excluding steroid dienone is 6. The predicted octanol–water partition coefficient (Wildman–Crippen LogP) is 4.51. The van der Waals surface area contributed by atoms with Crippen LogP contribution in [0.15, 0.2) is 35.7 Å². The lowest BCUT2D eigenvalue weighted by atomic mass is 9.48. The zero-order valence-electron chi connectivity index (χ0n) is 16.4. The second-order valence-electron chi connectivity index (χ2n) is 9.46. The molecule has 2 saturated carbocycles. The summed E-state index contributed by atoms with van der Waals surface area (Å²) in [5, 5.41) is 10.8. The molecule has 4 aliphatic carbocycles. The molecule has 0 radical (unpaired) electrons. The number of carbonyl (C=O) groups is 2. The van der Waals surface area contributed by atoms with Gasteiger partial charge in [0.1, 0.15) is 11.4 Å². The van der Waals surface area contributed by atoms with E-state index in [9.17, 15) is 14.7 Å². The van der Waals surface area contributed by atoms with Crippen molar-refractivity contribution in [3.8, 4) is 0 Å². The van der Waals surface area contributed by atoms with Gasteiger partial charge in [-0.2, -0.15) is 0 Å². The van der Waals surface area contributed by atoms with Crippen LogP contribution in [0.2, 0.25) is 0 Å². The van der Waals surface area contributed by atoms with Crippen LogP contribution in [-0.2, 0) is 9.59 Å². The zero-order valence-corrected chi connectivity index (χ0v) is 17.9. The summed E-state index contributed by atoms with van der Waals surface area (Å²) in [4.78, 5) is 23.3. The van der Waals surface area contributed by atoms with Gasteiger partial charge in [0.25, 0.3) is 0 Å². The Morgan fingerprint density at radius 3 is 2.61 bits per heavy atom. The maximum atomic E-state index is 15.2. The molecule has 28 heavy (non-hydrogen) atoms. The van der Waals surface area contributed by atoms with Gasteiger partial charge in [-0.25, -0.2) is 4.39 Å². The molecule has 0 aliphatic heterocycles. The van der Waals surface area contributed by atoms with Gasteiger partial charge < -0.3 is 5.11 Å². The highest BCUT2D eigenvalue weighted by molar-refractivity contribution is 6.34. The van der Waals surface area contributed by atoms with Gasteiger partial charge in [0.15, 0.2) is 11.6 Å². The number of aliphatic hydroxyl groups is 1. The molecule has 0 spiro atoms. The normalized spacial score (nSPS) is 52.4. The number of Topliss-reactive ketones (excluding diaryl/α,β-unsaturated/α-hetero) is 1. The molecular formula is C22H25Cl2FO3. The van der Waals surface area contributed by atoms with Crippen LogP contribution in [0, 0.1) is 28.6 Å². The number of rotatable bonds is 1. The standard InChI is InChI=1S/C22H25Cl2FO3/c1-11-7-14-15-9-17(25)16-8-13(27)5-6-19(16,3)21(15,24)18(23)10-20(14,4)22(11,28)12(2)26/h5-6,8-9,11,14-15,18,28H,7,10H2,1-4H3/t11-,14-,15-,18-,19-,20-,21-,22-/m0/s1. The van der Waals surface area contributed by atoms with Gasteiger partial charge in [-0.1, -0.05) is 26.8 Å². The minimum Gasteiger partial charge on any atom is -0.381 e. The van der Waals surface area contributed by atoms with E-state index in [0.717, 1.165) is 0 Å². The fourth-order valence-electron chi connectivity index (χ4n) is 6.76. The van der Waals surface area contributed by atoms with Crippen LogP contribution in [0.25, 0.3) is 0 Å². The maximum absolute atomic E-state index is 15.2. The van der Waals surface area contributed by atoms with E-state index in [2.05, 4.69) is 0 Å². The first-order chi connectivity index (χ1) is 12.8. The summed E-state index contributed by atoms with van der Waals surface area (Å²) in [6.45, 7) is 6.97. The highest BCUT2D eigenvalue weighted by Gasteiger charge is 2.74. The van der Waals surface area contributed by atoms with Crippen LogP contribution in [0.4, 0.5) is 4.39 Å². The third-order valence-electron chi connectivity index (χ3n) is 8.33. The number of halogens is 3. The van der Waals surface area contributed by atoms with Crippen LogP contribution in [0.3, 0.4) is 0 Å². The molecule has 1 N–H and O–H groups in total. The summed E-state index contributed by atoms with van der Waals surface area (Å²) in [6, 6.07) is 0. The van der Waals surface area contributed by atoms with E-state index in [-0.39, 0.29) is 29.0 Å². The molecule has 0 unspecified atom stereocenters. The van der Waals surface area contributed by atoms with Gasteiger partial charge in [-0.3, -0.25) is 9.59 Å². The Hall–Kier alpha value is -0.970. The van der Waals surface area contributed by atoms with Crippen LogP contribution >= 0.6 is 23.2 Å². The highest BCUT2D eigenvalue weighted by atomic mass is 35.5. The van der Waals surface area contributed by atoms with E-state index in [0.29, 0.717) is 12.8 Å². The molecule has 6 heteroatoms. The van der Waals surface area contributed by atoms with Gasteiger partial charge in [0, 0.05) is 22.3 Å². The lowest BCUT2D eigenvalue weighted by molar-refractivity contribution is -0.160. The van der Waals surface area contributed by atoms with E-state index < -0.39 is 38.4 Å². The number of carbonyl (C=O) groups excluding carboxylic acids is 2. The minimum atomic E-state index is -1.53. The summed E-state index contributed by atoms with van der Waals surface area (Å²) in [6.07, 6.45) is 6.75. The van der Waals surface area contributed by atoms with Crippen LogP contribution in [0.1, 0.15) is 40.5 Å². The average Bonchev–Trinajstić information content (AvgIpc) is 2.81. The Balaban J connectivity index is 1.94. The summed E-state index contributed by atoms with van der Waals surface area (Å²) < 4.78 is 15.2. The van der Waals surface area contributed by atoms with Crippen molar-refractivity contribution in [2.24, 2.45) is 28.6 Å². The molecule has 2 fully saturated rings. The van der Waals surface area contributed by atoms with Crippen molar-refractivity contribution in [1.82, 2.24) is 0 Å². The SMILES string of the molecule is CC(=O)[C@@]1(O)[C@@H](C)C[C@H]2[C@@H]3C=C(F)C4=CC(=O)C=C[C@]4(C)[C@@]3(Cl)[C@@H](Cl)C[C@@]21C. The smallest absolute Gasteiger partial charge is 0.178 e. The van der Waals surface area contributed by atoms with Crippen molar-refractivity contribution < 1.29 is 19.1 Å². The highest BCUT2D eigenvalue weighted by Crippen LogP contribution is 2.71. The molecule has 0 bridgehead atoms. The maximum Gasteiger partial charge on any atom is 0.178 e. The summed E-state index contributed by atoms with van der Waals surface area (Å²) in [7, 11) is 0. The molecule has 0 heterocycles. The molecule has 3 nitrogen and oxygen atoms in total. The number of hydrogen-bond donors (Lipinski definition) is 1. The first-order valence-corrected chi connectivity index (χ1v) is 10.5. The van der Waals surface area contributed by atoms with E-state index in [4.69, 9.17) is 23.2 Å². The van der Waals surface area contributed by atoms with Gasteiger partial charge >= 0.3 is 0 Å². The van der Waals surface area contributed by atoms with Crippen molar-refractivity contribution in [1.29, 1.82) is 0 Å². The number of ketones is 2. The summed E-state index contributed by atoms with van der Waals surface area (Å²) >= 11 is 14.2. The van der Waals surface area contributed by atoms with E-state index in [1.807, 2.05) is 20.8 Å². The third-order valence-corrected chi connectivity index (χ3v) is 9.85. The van der Waals surface area contributed by atoms with Gasteiger partial charge in [-0.05, 0) is 49.8 Å². The molecule has 0 aromatic carbocycles. The van der Waals surface area contributed by atoms with Crippen molar-refractivity contribution >= 4 is 34.8 Å². The fourth-order valence-corrected chi connectivity index (χ4v) is 7.91. The first kappa shape index (κ1) is 20.3. The van der Waals surface area contributed by atoms with Gasteiger partial charge in [0.05, 0.1) is 10.3 Å². The lowest BCUT2D eigenvalue weighted by Gasteiger charge is -2.62. The third kappa shape index (κ3) is 2.05. The van der Waals surface area contributed by atoms with Crippen molar-refractivity contribution in [3.05, 3.63) is 35.7 Å². The quantitative estimate of drug-likeness (QED) is 0.627. The summed E-state index contributed by atoms with van der Waals surface area (Å²) in [5.74, 6) is -2.01. The Morgan fingerprint density at radius 2 is 2.00 bits per heavy atom. The lowest BCUT2D eigenvalue weighted by Crippen LogP contribution is -2.66. The molecule has 0 amide bonds. The molecule has 8 atom stereocenters. The average molecular weight is 427 g/mol. The molecule has 4 rings (SSSR count). The molecule has 152 valence electrons.